The van der Waals surface area contributed by atoms with E-state index in [4.69, 9.17) is 10.5 Å². The van der Waals surface area contributed by atoms with Gasteiger partial charge in [0, 0.05) is 18.1 Å². The van der Waals surface area contributed by atoms with Crippen LogP contribution in [0.3, 0.4) is 0 Å². The summed E-state index contributed by atoms with van der Waals surface area (Å²) in [5.41, 5.74) is 6.80. The molecule has 0 amide bonds. The van der Waals surface area contributed by atoms with Gasteiger partial charge < -0.3 is 15.8 Å². The van der Waals surface area contributed by atoms with Gasteiger partial charge in [0.25, 0.3) is 0 Å². The van der Waals surface area contributed by atoms with Gasteiger partial charge in [-0.15, -0.1) is 0 Å². The average Bonchev–Trinajstić information content (AvgIpc) is 2.65. The summed E-state index contributed by atoms with van der Waals surface area (Å²) >= 11 is 0. The highest BCUT2D eigenvalue weighted by Crippen LogP contribution is 2.31. The van der Waals surface area contributed by atoms with Crippen LogP contribution in [0.2, 0.25) is 0 Å². The predicted molar refractivity (Wildman–Crippen MR) is 77.3 cm³/mol. The second kappa shape index (κ2) is 4.96. The van der Waals surface area contributed by atoms with Crippen molar-refractivity contribution < 1.29 is 4.74 Å². The van der Waals surface area contributed by atoms with Gasteiger partial charge in [0.1, 0.15) is 17.5 Å². The lowest BCUT2D eigenvalue weighted by molar-refractivity contribution is 0.105. The van der Waals surface area contributed by atoms with Crippen molar-refractivity contribution in [1.29, 1.82) is 0 Å². The molecule has 5 nitrogen and oxygen atoms in total. The molecular weight excluding hydrogens is 240 g/mol. The summed E-state index contributed by atoms with van der Waals surface area (Å²) in [5, 5.41) is 3.52. The first-order valence-electron chi connectivity index (χ1n) is 6.87. The summed E-state index contributed by atoms with van der Waals surface area (Å²) in [7, 11) is 0. The molecule has 19 heavy (non-hydrogen) atoms. The minimum absolute atomic E-state index is 0.0974. The Kier molecular flexibility index (Phi) is 3.67. The molecule has 1 saturated heterocycles. The molecule has 1 aromatic rings. The lowest BCUT2D eigenvalue weighted by Gasteiger charge is -2.30. The predicted octanol–water partition coefficient (Wildman–Crippen LogP) is 2.47. The van der Waals surface area contributed by atoms with Crippen molar-refractivity contribution in [3.8, 4) is 0 Å². The Bertz CT molecular complexity index is 475. The minimum Gasteiger partial charge on any atom is -0.383 e. The molecule has 0 saturated carbocycles. The summed E-state index contributed by atoms with van der Waals surface area (Å²) in [5.74, 6) is 2.42. The monoisotopic (exact) mass is 264 g/mol. The summed E-state index contributed by atoms with van der Waals surface area (Å²) in [6.45, 7) is 11.1. The van der Waals surface area contributed by atoms with Crippen molar-refractivity contribution >= 4 is 11.6 Å². The van der Waals surface area contributed by atoms with Crippen LogP contribution in [-0.4, -0.2) is 28.2 Å². The molecule has 106 valence electrons. The number of anilines is 2. The van der Waals surface area contributed by atoms with Crippen LogP contribution in [0, 0.1) is 6.92 Å². The summed E-state index contributed by atoms with van der Waals surface area (Å²) in [4.78, 5) is 8.96. The lowest BCUT2D eigenvalue weighted by atomic mass is 9.94. The van der Waals surface area contributed by atoms with Crippen LogP contribution in [0.1, 0.15) is 51.4 Å². The molecule has 2 unspecified atom stereocenters. The highest BCUT2D eigenvalue weighted by Gasteiger charge is 2.37. The van der Waals surface area contributed by atoms with E-state index in [1.807, 2.05) is 6.92 Å². The molecule has 0 aromatic carbocycles. The highest BCUT2D eigenvalue weighted by atomic mass is 16.5. The summed E-state index contributed by atoms with van der Waals surface area (Å²) in [6, 6.07) is 0. The van der Waals surface area contributed by atoms with Gasteiger partial charge in [-0.05, 0) is 27.2 Å². The van der Waals surface area contributed by atoms with Gasteiger partial charge in [0.15, 0.2) is 0 Å². The fourth-order valence-electron chi connectivity index (χ4n) is 2.20. The molecule has 1 aliphatic heterocycles. The molecule has 1 fully saturated rings. The third kappa shape index (κ3) is 2.66. The Labute approximate surface area is 115 Å². The quantitative estimate of drug-likeness (QED) is 0.877. The zero-order valence-electron chi connectivity index (χ0n) is 12.4. The van der Waals surface area contributed by atoms with E-state index in [-0.39, 0.29) is 17.6 Å². The molecule has 0 aliphatic carbocycles. The summed E-state index contributed by atoms with van der Waals surface area (Å²) < 4.78 is 5.65. The first-order chi connectivity index (χ1) is 8.83. The van der Waals surface area contributed by atoms with Gasteiger partial charge in [0.05, 0.1) is 11.6 Å². The SMILES string of the molecule is Cc1c(N)nc(C(C)C)nc1NC1(C)CCOC1C. The van der Waals surface area contributed by atoms with Gasteiger partial charge in [0.2, 0.25) is 0 Å². The Morgan fingerprint density at radius 1 is 1.42 bits per heavy atom. The third-order valence-corrected chi connectivity index (χ3v) is 4.01. The number of nitrogen functional groups attached to an aromatic ring is 1. The van der Waals surface area contributed by atoms with Crippen molar-refractivity contribution in [1.82, 2.24) is 9.97 Å². The molecular formula is C14H24N4O. The number of nitrogens with zero attached hydrogens (tertiary/aromatic N) is 2. The molecule has 1 aromatic heterocycles. The van der Waals surface area contributed by atoms with Crippen molar-refractivity contribution in [3.63, 3.8) is 0 Å². The van der Waals surface area contributed by atoms with Crippen LogP contribution >= 0.6 is 0 Å². The average molecular weight is 264 g/mol. The minimum atomic E-state index is -0.0974. The van der Waals surface area contributed by atoms with E-state index in [0.717, 1.165) is 30.2 Å². The molecule has 0 radical (unpaired) electrons. The van der Waals surface area contributed by atoms with Crippen molar-refractivity contribution in [2.75, 3.05) is 17.7 Å². The zero-order chi connectivity index (χ0) is 14.2. The highest BCUT2D eigenvalue weighted by molar-refractivity contribution is 5.56. The van der Waals surface area contributed by atoms with Crippen LogP contribution in [0.4, 0.5) is 11.6 Å². The lowest BCUT2D eigenvalue weighted by Crippen LogP contribution is -2.41. The second-order valence-electron chi connectivity index (χ2n) is 5.90. The van der Waals surface area contributed by atoms with E-state index in [0.29, 0.717) is 5.82 Å². The topological polar surface area (TPSA) is 73.1 Å². The van der Waals surface area contributed by atoms with Gasteiger partial charge in [-0.1, -0.05) is 13.8 Å². The smallest absolute Gasteiger partial charge is 0.135 e. The zero-order valence-corrected chi connectivity index (χ0v) is 12.4. The fourth-order valence-corrected chi connectivity index (χ4v) is 2.20. The maximum Gasteiger partial charge on any atom is 0.135 e. The van der Waals surface area contributed by atoms with Crippen molar-refractivity contribution in [2.45, 2.75) is 58.6 Å². The number of hydrogen-bond acceptors (Lipinski definition) is 5. The maximum atomic E-state index is 5.99. The van der Waals surface area contributed by atoms with Crippen LogP contribution in [0.15, 0.2) is 0 Å². The Balaban J connectivity index is 2.34. The van der Waals surface area contributed by atoms with Gasteiger partial charge in [-0.2, -0.15) is 0 Å². The van der Waals surface area contributed by atoms with Crippen LogP contribution in [-0.2, 0) is 4.74 Å². The third-order valence-electron chi connectivity index (χ3n) is 4.01. The van der Waals surface area contributed by atoms with E-state index in [9.17, 15) is 0 Å². The van der Waals surface area contributed by atoms with E-state index >= 15 is 0 Å². The molecule has 0 bridgehead atoms. The number of nitrogens with two attached hydrogens (primary N) is 1. The van der Waals surface area contributed by atoms with Crippen molar-refractivity contribution in [3.05, 3.63) is 11.4 Å². The molecule has 1 aliphatic rings. The first-order valence-corrected chi connectivity index (χ1v) is 6.87. The second-order valence-corrected chi connectivity index (χ2v) is 5.90. The largest absolute Gasteiger partial charge is 0.383 e. The number of hydrogen-bond donors (Lipinski definition) is 2. The van der Waals surface area contributed by atoms with Gasteiger partial charge >= 0.3 is 0 Å². The first kappa shape index (κ1) is 14.1. The molecule has 5 heteroatoms. The number of rotatable bonds is 3. The van der Waals surface area contributed by atoms with Gasteiger partial charge in [-0.25, -0.2) is 9.97 Å². The van der Waals surface area contributed by atoms with E-state index in [1.54, 1.807) is 0 Å². The molecule has 2 heterocycles. The Hall–Kier alpha value is -1.36. The Morgan fingerprint density at radius 2 is 2.11 bits per heavy atom. The standard InChI is InChI=1S/C14H24N4O/c1-8(2)12-16-11(15)9(3)13(17-12)18-14(5)6-7-19-10(14)4/h8,10H,6-7H2,1-5H3,(H3,15,16,17,18). The van der Waals surface area contributed by atoms with Crippen molar-refractivity contribution in [2.24, 2.45) is 0 Å². The van der Waals surface area contributed by atoms with E-state index in [2.05, 4.69) is 43.0 Å². The normalized spacial score (nSPS) is 26.9. The molecule has 3 N–H and O–H groups in total. The fraction of sp³-hybridized carbons (Fsp3) is 0.714. The Morgan fingerprint density at radius 3 is 2.63 bits per heavy atom. The number of ether oxygens (including phenoxy) is 1. The molecule has 2 atom stereocenters. The maximum absolute atomic E-state index is 5.99. The molecule has 0 spiro atoms. The molecule has 2 rings (SSSR count). The van der Waals surface area contributed by atoms with Crippen LogP contribution in [0.25, 0.3) is 0 Å². The van der Waals surface area contributed by atoms with Gasteiger partial charge in [-0.3, -0.25) is 0 Å². The van der Waals surface area contributed by atoms with E-state index < -0.39 is 0 Å². The van der Waals surface area contributed by atoms with Crippen LogP contribution < -0.4 is 11.1 Å². The number of aromatic nitrogens is 2. The van der Waals surface area contributed by atoms with Crippen LogP contribution in [0.5, 0.6) is 0 Å². The summed E-state index contributed by atoms with van der Waals surface area (Å²) in [6.07, 6.45) is 1.12. The number of nitrogens with one attached hydrogen (secondary N) is 1. The van der Waals surface area contributed by atoms with E-state index in [1.165, 1.54) is 0 Å².